The van der Waals surface area contributed by atoms with Gasteiger partial charge in [-0.25, -0.2) is 4.98 Å². The Labute approximate surface area is 112 Å². The highest BCUT2D eigenvalue weighted by molar-refractivity contribution is 6.17. The van der Waals surface area contributed by atoms with Crippen LogP contribution < -0.4 is 4.90 Å². The summed E-state index contributed by atoms with van der Waals surface area (Å²) in [6.45, 7) is 5.65. The SMILES string of the molecule is CC1CC(C)N(c2nc3ccccn3c2CCl)C1. The number of rotatable bonds is 2. The van der Waals surface area contributed by atoms with Crippen molar-refractivity contribution < 1.29 is 0 Å². The Morgan fingerprint density at radius 2 is 2.22 bits per heavy atom. The third-order valence-corrected chi connectivity index (χ3v) is 4.04. The maximum atomic E-state index is 6.13. The van der Waals surface area contributed by atoms with Gasteiger partial charge in [0.25, 0.3) is 0 Å². The Balaban J connectivity index is 2.11. The maximum Gasteiger partial charge on any atom is 0.152 e. The lowest BCUT2D eigenvalue weighted by Gasteiger charge is -2.22. The minimum atomic E-state index is 0.498. The molecule has 1 aliphatic heterocycles. The number of fused-ring (bicyclic) bond motifs is 1. The van der Waals surface area contributed by atoms with E-state index in [0.717, 1.165) is 29.6 Å². The molecule has 3 heterocycles. The highest BCUT2D eigenvalue weighted by Crippen LogP contribution is 2.31. The van der Waals surface area contributed by atoms with E-state index in [1.165, 1.54) is 6.42 Å². The summed E-state index contributed by atoms with van der Waals surface area (Å²) < 4.78 is 2.10. The summed E-state index contributed by atoms with van der Waals surface area (Å²) in [5.74, 6) is 2.29. The molecule has 1 fully saturated rings. The molecule has 0 radical (unpaired) electrons. The zero-order valence-corrected chi connectivity index (χ0v) is 11.6. The standard InChI is InChI=1S/C14H18ClN3/c1-10-7-11(2)18(9-10)14-12(8-15)17-6-4-3-5-13(17)16-14/h3-6,10-11H,7-9H2,1-2H3. The van der Waals surface area contributed by atoms with Crippen molar-refractivity contribution in [2.45, 2.75) is 32.2 Å². The monoisotopic (exact) mass is 263 g/mol. The van der Waals surface area contributed by atoms with Crippen LogP contribution in [0.25, 0.3) is 5.65 Å². The summed E-state index contributed by atoms with van der Waals surface area (Å²) in [6.07, 6.45) is 3.27. The van der Waals surface area contributed by atoms with Gasteiger partial charge < -0.3 is 9.30 Å². The highest BCUT2D eigenvalue weighted by Gasteiger charge is 2.29. The van der Waals surface area contributed by atoms with Crippen LogP contribution in [0.3, 0.4) is 0 Å². The fourth-order valence-electron chi connectivity index (χ4n) is 2.98. The van der Waals surface area contributed by atoms with Crippen LogP contribution in [0.1, 0.15) is 26.0 Å². The van der Waals surface area contributed by atoms with Gasteiger partial charge in [0.1, 0.15) is 5.65 Å². The molecule has 18 heavy (non-hydrogen) atoms. The third-order valence-electron chi connectivity index (χ3n) is 3.79. The molecule has 0 saturated carbocycles. The second-order valence-corrected chi connectivity index (χ2v) is 5.55. The summed E-state index contributed by atoms with van der Waals surface area (Å²) in [5, 5.41) is 0. The first-order chi connectivity index (χ1) is 8.70. The van der Waals surface area contributed by atoms with Crippen LogP contribution in [0.4, 0.5) is 5.82 Å². The Bertz CT molecular complexity index is 563. The molecule has 2 unspecified atom stereocenters. The number of hydrogen-bond donors (Lipinski definition) is 0. The van der Waals surface area contributed by atoms with E-state index in [2.05, 4.69) is 23.1 Å². The third kappa shape index (κ3) is 1.77. The molecule has 3 nitrogen and oxygen atoms in total. The van der Waals surface area contributed by atoms with Gasteiger partial charge in [-0.15, -0.1) is 11.6 Å². The molecule has 0 aliphatic carbocycles. The van der Waals surface area contributed by atoms with Gasteiger partial charge >= 0.3 is 0 Å². The Morgan fingerprint density at radius 3 is 2.89 bits per heavy atom. The summed E-state index contributed by atoms with van der Waals surface area (Å²) >= 11 is 6.13. The molecule has 0 N–H and O–H groups in total. The van der Waals surface area contributed by atoms with E-state index in [-0.39, 0.29) is 0 Å². The predicted octanol–water partition coefficient (Wildman–Crippen LogP) is 3.31. The molecule has 1 aliphatic rings. The van der Waals surface area contributed by atoms with Crippen molar-refractivity contribution in [3.8, 4) is 0 Å². The zero-order valence-electron chi connectivity index (χ0n) is 10.8. The smallest absolute Gasteiger partial charge is 0.152 e. The van der Waals surface area contributed by atoms with Crippen molar-refractivity contribution in [1.82, 2.24) is 9.38 Å². The van der Waals surface area contributed by atoms with Gasteiger partial charge in [0.15, 0.2) is 5.82 Å². The van der Waals surface area contributed by atoms with Crippen molar-refractivity contribution >= 4 is 23.1 Å². The summed E-state index contributed by atoms with van der Waals surface area (Å²) in [4.78, 5) is 7.15. The first-order valence-electron chi connectivity index (χ1n) is 6.49. The number of alkyl halides is 1. The molecule has 4 heteroatoms. The Kier molecular flexibility index (Phi) is 2.94. The van der Waals surface area contributed by atoms with Gasteiger partial charge in [-0.1, -0.05) is 13.0 Å². The van der Waals surface area contributed by atoms with Crippen LogP contribution in [-0.2, 0) is 5.88 Å². The quantitative estimate of drug-likeness (QED) is 0.775. The van der Waals surface area contributed by atoms with E-state index in [1.54, 1.807) is 0 Å². The van der Waals surface area contributed by atoms with E-state index in [4.69, 9.17) is 16.6 Å². The molecule has 0 spiro atoms. The van der Waals surface area contributed by atoms with Crippen molar-refractivity contribution in [2.24, 2.45) is 5.92 Å². The van der Waals surface area contributed by atoms with Crippen LogP contribution in [0.15, 0.2) is 24.4 Å². The van der Waals surface area contributed by atoms with Crippen LogP contribution in [0.2, 0.25) is 0 Å². The van der Waals surface area contributed by atoms with Gasteiger partial charge in [0, 0.05) is 18.8 Å². The van der Waals surface area contributed by atoms with Crippen molar-refractivity contribution in [3.05, 3.63) is 30.1 Å². The lowest BCUT2D eigenvalue weighted by atomic mass is 10.1. The molecule has 1 saturated heterocycles. The minimum absolute atomic E-state index is 0.498. The molecular weight excluding hydrogens is 246 g/mol. The molecule has 96 valence electrons. The lowest BCUT2D eigenvalue weighted by molar-refractivity contribution is 0.625. The first kappa shape index (κ1) is 11.8. The number of aromatic nitrogens is 2. The number of hydrogen-bond acceptors (Lipinski definition) is 2. The summed E-state index contributed by atoms with van der Waals surface area (Å²) in [7, 11) is 0. The number of anilines is 1. The number of pyridine rings is 1. The van der Waals surface area contributed by atoms with E-state index in [1.807, 2.05) is 24.4 Å². The maximum absolute atomic E-state index is 6.13. The number of nitrogens with zero attached hydrogens (tertiary/aromatic N) is 3. The predicted molar refractivity (Wildman–Crippen MR) is 75.3 cm³/mol. The van der Waals surface area contributed by atoms with Crippen molar-refractivity contribution in [1.29, 1.82) is 0 Å². The fourth-order valence-corrected chi connectivity index (χ4v) is 3.23. The normalized spacial score (nSPS) is 24.1. The Morgan fingerprint density at radius 1 is 1.39 bits per heavy atom. The highest BCUT2D eigenvalue weighted by atomic mass is 35.5. The molecule has 2 atom stereocenters. The number of imidazole rings is 1. The van der Waals surface area contributed by atoms with Crippen molar-refractivity contribution in [3.63, 3.8) is 0 Å². The van der Waals surface area contributed by atoms with E-state index < -0.39 is 0 Å². The van der Waals surface area contributed by atoms with E-state index >= 15 is 0 Å². The summed E-state index contributed by atoms with van der Waals surface area (Å²) in [5.41, 5.74) is 2.09. The average molecular weight is 264 g/mol. The molecule has 0 bridgehead atoms. The molecule has 2 aromatic rings. The second kappa shape index (κ2) is 4.47. The Hall–Kier alpha value is -1.22. The van der Waals surface area contributed by atoms with Gasteiger partial charge in [0.2, 0.25) is 0 Å². The number of halogens is 1. The van der Waals surface area contributed by atoms with Gasteiger partial charge in [-0.3, -0.25) is 0 Å². The van der Waals surface area contributed by atoms with Crippen LogP contribution in [0.5, 0.6) is 0 Å². The lowest BCUT2D eigenvalue weighted by Crippen LogP contribution is -2.27. The molecule has 2 aromatic heterocycles. The van der Waals surface area contributed by atoms with Crippen LogP contribution >= 0.6 is 11.6 Å². The second-order valence-electron chi connectivity index (χ2n) is 5.29. The molecule has 0 amide bonds. The van der Waals surface area contributed by atoms with Gasteiger partial charge in [-0.05, 0) is 31.4 Å². The van der Waals surface area contributed by atoms with Gasteiger partial charge in [-0.2, -0.15) is 0 Å². The van der Waals surface area contributed by atoms with Crippen molar-refractivity contribution in [2.75, 3.05) is 11.4 Å². The molecule has 0 aromatic carbocycles. The van der Waals surface area contributed by atoms with Crippen LogP contribution in [-0.4, -0.2) is 22.0 Å². The topological polar surface area (TPSA) is 20.5 Å². The van der Waals surface area contributed by atoms with E-state index in [0.29, 0.717) is 11.9 Å². The first-order valence-corrected chi connectivity index (χ1v) is 7.02. The molecular formula is C14H18ClN3. The minimum Gasteiger partial charge on any atom is -0.352 e. The fraction of sp³-hybridized carbons (Fsp3) is 0.500. The van der Waals surface area contributed by atoms with Gasteiger partial charge in [0.05, 0.1) is 11.6 Å². The largest absolute Gasteiger partial charge is 0.352 e. The zero-order chi connectivity index (χ0) is 12.7. The summed E-state index contributed by atoms with van der Waals surface area (Å²) in [6, 6.07) is 6.61. The van der Waals surface area contributed by atoms with E-state index in [9.17, 15) is 0 Å². The van der Waals surface area contributed by atoms with Crippen LogP contribution in [0, 0.1) is 5.92 Å². The molecule has 3 rings (SSSR count). The average Bonchev–Trinajstić information content (AvgIpc) is 2.88.